The molecular weight excluding hydrogens is 296 g/mol. The molecule has 0 unspecified atom stereocenters. The molecule has 0 bridgehead atoms. The number of nitrogens with one attached hydrogen (secondary N) is 1. The van der Waals surface area contributed by atoms with Crippen molar-refractivity contribution in [1.82, 2.24) is 4.98 Å². The number of carboxylic acid groups (broad SMARTS) is 1. The van der Waals surface area contributed by atoms with E-state index in [1.807, 2.05) is 11.4 Å². The van der Waals surface area contributed by atoms with E-state index in [1.54, 1.807) is 11.3 Å². The van der Waals surface area contributed by atoms with Gasteiger partial charge in [-0.1, -0.05) is 31.5 Å². The number of carboxylic acids is 1. The Morgan fingerprint density at radius 1 is 1.55 bits per heavy atom. The third-order valence-electron chi connectivity index (χ3n) is 2.99. The van der Waals surface area contributed by atoms with Gasteiger partial charge >= 0.3 is 5.97 Å². The highest BCUT2D eigenvalue weighted by molar-refractivity contribution is 7.10. The number of aromatic nitrogens is 1. The molecule has 0 saturated heterocycles. The number of pyridine rings is 1. The molecule has 0 atom stereocenters. The smallest absolute Gasteiger partial charge is 0.337 e. The summed E-state index contributed by atoms with van der Waals surface area (Å²) in [6, 6.07) is 5.56. The van der Waals surface area contributed by atoms with Crippen LogP contribution in [0.5, 0.6) is 0 Å². The zero-order chi connectivity index (χ0) is 14.8. The fourth-order valence-corrected chi connectivity index (χ4v) is 2.80. The first-order valence-electron chi connectivity index (χ1n) is 6.07. The van der Waals surface area contributed by atoms with Gasteiger partial charge < -0.3 is 10.4 Å². The average Bonchev–Trinajstić information content (AvgIpc) is 2.92. The molecule has 0 aliphatic heterocycles. The van der Waals surface area contributed by atoms with E-state index >= 15 is 0 Å². The summed E-state index contributed by atoms with van der Waals surface area (Å²) in [5.41, 5.74) is -0.00288. The Balaban J connectivity index is 2.11. The van der Waals surface area contributed by atoms with Crippen molar-refractivity contribution < 1.29 is 9.90 Å². The van der Waals surface area contributed by atoms with Gasteiger partial charge in [0.25, 0.3) is 0 Å². The van der Waals surface area contributed by atoms with Crippen molar-refractivity contribution in [3.63, 3.8) is 0 Å². The predicted molar refractivity (Wildman–Crippen MR) is 82.0 cm³/mol. The third kappa shape index (κ3) is 3.29. The van der Waals surface area contributed by atoms with Gasteiger partial charge in [-0.3, -0.25) is 0 Å². The maximum absolute atomic E-state index is 11.0. The van der Waals surface area contributed by atoms with E-state index in [2.05, 4.69) is 30.2 Å². The first-order valence-corrected chi connectivity index (χ1v) is 7.32. The van der Waals surface area contributed by atoms with Crippen LogP contribution >= 0.6 is 22.9 Å². The molecule has 2 aromatic heterocycles. The van der Waals surface area contributed by atoms with Crippen LogP contribution in [0.3, 0.4) is 0 Å². The van der Waals surface area contributed by atoms with Crippen LogP contribution in [0.2, 0.25) is 5.02 Å². The molecule has 0 fully saturated rings. The standard InChI is InChI=1S/C14H15ClN2O2S/c1-14(2,11-4-3-5-20-11)8-17-12-6-9(13(18)19)10(15)7-16-12/h3-7H,8H2,1-2H3,(H,16,17)(H,18,19). The number of thiophene rings is 1. The molecule has 0 aromatic carbocycles. The molecule has 0 radical (unpaired) electrons. The van der Waals surface area contributed by atoms with E-state index in [4.69, 9.17) is 16.7 Å². The molecule has 2 aromatic rings. The second-order valence-electron chi connectivity index (χ2n) is 5.07. The Hall–Kier alpha value is -1.59. The van der Waals surface area contributed by atoms with E-state index < -0.39 is 5.97 Å². The molecule has 106 valence electrons. The number of carbonyl (C=O) groups is 1. The zero-order valence-corrected chi connectivity index (χ0v) is 12.8. The number of anilines is 1. The van der Waals surface area contributed by atoms with Gasteiger partial charge in [0, 0.05) is 23.0 Å². The maximum atomic E-state index is 11.0. The lowest BCUT2D eigenvalue weighted by Gasteiger charge is -2.24. The summed E-state index contributed by atoms with van der Waals surface area (Å²) in [5, 5.41) is 14.4. The molecule has 0 amide bonds. The van der Waals surface area contributed by atoms with E-state index in [0.717, 1.165) is 0 Å². The highest BCUT2D eigenvalue weighted by Crippen LogP contribution is 2.28. The summed E-state index contributed by atoms with van der Waals surface area (Å²) in [6.45, 7) is 4.90. The van der Waals surface area contributed by atoms with Crippen molar-refractivity contribution in [2.24, 2.45) is 0 Å². The molecule has 6 heteroatoms. The van der Waals surface area contributed by atoms with Crippen molar-refractivity contribution in [3.8, 4) is 0 Å². The van der Waals surface area contributed by atoms with Crippen molar-refractivity contribution in [1.29, 1.82) is 0 Å². The van der Waals surface area contributed by atoms with Crippen LogP contribution < -0.4 is 5.32 Å². The largest absolute Gasteiger partial charge is 0.478 e. The highest BCUT2D eigenvalue weighted by Gasteiger charge is 2.22. The minimum atomic E-state index is -1.06. The lowest BCUT2D eigenvalue weighted by molar-refractivity contribution is 0.0697. The van der Waals surface area contributed by atoms with Gasteiger partial charge in [-0.05, 0) is 17.5 Å². The molecule has 2 N–H and O–H groups in total. The minimum absolute atomic E-state index is 0.0538. The van der Waals surface area contributed by atoms with Crippen molar-refractivity contribution in [2.75, 3.05) is 11.9 Å². The molecule has 0 aliphatic rings. The van der Waals surface area contributed by atoms with Gasteiger partial charge in [0.1, 0.15) is 5.82 Å². The second-order valence-corrected chi connectivity index (χ2v) is 6.42. The van der Waals surface area contributed by atoms with Crippen molar-refractivity contribution in [3.05, 3.63) is 45.2 Å². The first kappa shape index (κ1) is 14.8. The molecule has 0 aliphatic carbocycles. The third-order valence-corrected chi connectivity index (χ3v) is 4.52. The Bertz CT molecular complexity index is 612. The van der Waals surface area contributed by atoms with Crippen LogP contribution in [-0.2, 0) is 5.41 Å². The van der Waals surface area contributed by atoms with Gasteiger partial charge in [-0.25, -0.2) is 9.78 Å². The molecule has 2 heterocycles. The summed E-state index contributed by atoms with van der Waals surface area (Å²) in [4.78, 5) is 16.4. The van der Waals surface area contributed by atoms with Gasteiger partial charge in [0.15, 0.2) is 0 Å². The number of hydrogen-bond acceptors (Lipinski definition) is 4. The van der Waals surface area contributed by atoms with Crippen LogP contribution in [0.25, 0.3) is 0 Å². The Morgan fingerprint density at radius 2 is 2.30 bits per heavy atom. The Morgan fingerprint density at radius 3 is 2.90 bits per heavy atom. The van der Waals surface area contributed by atoms with Crippen LogP contribution in [0.4, 0.5) is 5.82 Å². The van der Waals surface area contributed by atoms with E-state index in [0.29, 0.717) is 12.4 Å². The normalized spacial score (nSPS) is 11.3. The summed E-state index contributed by atoms with van der Waals surface area (Å²) < 4.78 is 0. The molecular formula is C14H15ClN2O2S. The Kier molecular flexibility index (Phi) is 4.30. The summed E-state index contributed by atoms with van der Waals surface area (Å²) in [5.74, 6) is -0.547. The van der Waals surface area contributed by atoms with Gasteiger partial charge in [-0.15, -0.1) is 11.3 Å². The number of rotatable bonds is 5. The molecule has 2 rings (SSSR count). The SMILES string of the molecule is CC(C)(CNc1cc(C(=O)O)c(Cl)cn1)c1cccs1. The van der Waals surface area contributed by atoms with Crippen LogP contribution in [0.15, 0.2) is 29.8 Å². The first-order chi connectivity index (χ1) is 9.40. The van der Waals surface area contributed by atoms with Crippen molar-refractivity contribution >= 4 is 34.7 Å². The number of aromatic carboxylic acids is 1. The summed E-state index contributed by atoms with van der Waals surface area (Å²) in [7, 11) is 0. The molecule has 20 heavy (non-hydrogen) atoms. The van der Waals surface area contributed by atoms with Gasteiger partial charge in [0.2, 0.25) is 0 Å². The van der Waals surface area contributed by atoms with E-state index in [-0.39, 0.29) is 16.0 Å². The number of hydrogen-bond donors (Lipinski definition) is 2. The number of nitrogens with zero attached hydrogens (tertiary/aromatic N) is 1. The number of halogens is 1. The fraction of sp³-hybridized carbons (Fsp3) is 0.286. The van der Waals surface area contributed by atoms with Crippen LogP contribution in [0, 0.1) is 0 Å². The van der Waals surface area contributed by atoms with Gasteiger partial charge in [0.05, 0.1) is 10.6 Å². The second kappa shape index (κ2) is 5.81. The molecule has 4 nitrogen and oxygen atoms in total. The predicted octanol–water partition coefficient (Wildman–Crippen LogP) is 3.88. The lowest BCUT2D eigenvalue weighted by Crippen LogP contribution is -2.27. The van der Waals surface area contributed by atoms with Crippen LogP contribution in [0.1, 0.15) is 29.1 Å². The lowest BCUT2D eigenvalue weighted by atomic mass is 9.91. The molecule has 0 spiro atoms. The highest BCUT2D eigenvalue weighted by atomic mass is 35.5. The monoisotopic (exact) mass is 310 g/mol. The minimum Gasteiger partial charge on any atom is -0.478 e. The molecule has 0 saturated carbocycles. The zero-order valence-electron chi connectivity index (χ0n) is 11.2. The topological polar surface area (TPSA) is 62.2 Å². The fourth-order valence-electron chi connectivity index (χ4n) is 1.76. The van der Waals surface area contributed by atoms with Crippen LogP contribution in [-0.4, -0.2) is 22.6 Å². The van der Waals surface area contributed by atoms with E-state index in [1.165, 1.54) is 17.1 Å². The quantitative estimate of drug-likeness (QED) is 0.879. The van der Waals surface area contributed by atoms with Gasteiger partial charge in [-0.2, -0.15) is 0 Å². The maximum Gasteiger partial charge on any atom is 0.337 e. The summed E-state index contributed by atoms with van der Waals surface area (Å²) in [6.07, 6.45) is 1.35. The van der Waals surface area contributed by atoms with E-state index in [9.17, 15) is 4.79 Å². The van der Waals surface area contributed by atoms with Crippen molar-refractivity contribution in [2.45, 2.75) is 19.3 Å². The average molecular weight is 311 g/mol. The Labute approximate surface area is 126 Å². The summed E-state index contributed by atoms with van der Waals surface area (Å²) >= 11 is 7.49.